The second kappa shape index (κ2) is 5.74. The summed E-state index contributed by atoms with van der Waals surface area (Å²) in [5.74, 6) is 1.06. The Bertz CT molecular complexity index is 505. The lowest BCUT2D eigenvalue weighted by molar-refractivity contribution is 0.0935. The van der Waals surface area contributed by atoms with Gasteiger partial charge in [0.1, 0.15) is 5.76 Å². The van der Waals surface area contributed by atoms with Gasteiger partial charge in [0.15, 0.2) is 0 Å². The van der Waals surface area contributed by atoms with Gasteiger partial charge in [0.2, 0.25) is 0 Å². The average molecular weight is 264 g/mol. The molecule has 0 aliphatic carbocycles. The van der Waals surface area contributed by atoms with Crippen molar-refractivity contribution in [3.8, 4) is 0 Å². The number of furan rings is 1. The Morgan fingerprint density at radius 1 is 1.33 bits per heavy atom. The molecule has 1 heterocycles. The van der Waals surface area contributed by atoms with Gasteiger partial charge >= 0.3 is 0 Å². The molecule has 0 bridgehead atoms. The van der Waals surface area contributed by atoms with E-state index in [1.165, 1.54) is 0 Å². The van der Waals surface area contributed by atoms with E-state index in [0.29, 0.717) is 11.4 Å². The predicted octanol–water partition coefficient (Wildman–Crippen LogP) is 3.51. The maximum atomic E-state index is 12.0. The SMILES string of the molecule is C[C@@H](NC(=O)c1ccc(CCl)cc1)c1ccco1. The molecule has 1 atom stereocenters. The van der Waals surface area contributed by atoms with Crippen LogP contribution in [0.2, 0.25) is 0 Å². The molecule has 1 aromatic heterocycles. The molecule has 1 amide bonds. The third kappa shape index (κ3) is 2.93. The number of hydrogen-bond donors (Lipinski definition) is 1. The van der Waals surface area contributed by atoms with Crippen molar-refractivity contribution in [2.45, 2.75) is 18.8 Å². The van der Waals surface area contributed by atoms with E-state index in [-0.39, 0.29) is 11.9 Å². The first-order valence-electron chi connectivity index (χ1n) is 5.70. The highest BCUT2D eigenvalue weighted by molar-refractivity contribution is 6.17. The zero-order chi connectivity index (χ0) is 13.0. The van der Waals surface area contributed by atoms with Crippen molar-refractivity contribution in [2.75, 3.05) is 0 Å². The van der Waals surface area contributed by atoms with Gasteiger partial charge in [-0.1, -0.05) is 12.1 Å². The van der Waals surface area contributed by atoms with E-state index in [2.05, 4.69) is 5.32 Å². The van der Waals surface area contributed by atoms with Gasteiger partial charge in [-0.3, -0.25) is 4.79 Å². The summed E-state index contributed by atoms with van der Waals surface area (Å²) in [7, 11) is 0. The number of hydrogen-bond acceptors (Lipinski definition) is 2. The van der Waals surface area contributed by atoms with E-state index in [1.807, 2.05) is 25.1 Å². The van der Waals surface area contributed by atoms with Crippen LogP contribution in [0.5, 0.6) is 0 Å². The van der Waals surface area contributed by atoms with E-state index in [4.69, 9.17) is 16.0 Å². The summed E-state index contributed by atoms with van der Waals surface area (Å²) in [6.45, 7) is 1.88. The highest BCUT2D eigenvalue weighted by Gasteiger charge is 2.12. The van der Waals surface area contributed by atoms with Gasteiger partial charge in [-0.05, 0) is 36.8 Å². The fraction of sp³-hybridized carbons (Fsp3) is 0.214. The minimum Gasteiger partial charge on any atom is -0.467 e. The summed E-state index contributed by atoms with van der Waals surface area (Å²) in [5, 5.41) is 2.87. The van der Waals surface area contributed by atoms with Crippen molar-refractivity contribution in [2.24, 2.45) is 0 Å². The molecule has 0 saturated carbocycles. The molecule has 0 unspecified atom stereocenters. The van der Waals surface area contributed by atoms with Crippen LogP contribution in [0.4, 0.5) is 0 Å². The Morgan fingerprint density at radius 3 is 2.61 bits per heavy atom. The summed E-state index contributed by atoms with van der Waals surface area (Å²) < 4.78 is 5.24. The van der Waals surface area contributed by atoms with E-state index in [1.54, 1.807) is 24.5 Å². The summed E-state index contributed by atoms with van der Waals surface area (Å²) in [5.41, 5.74) is 1.61. The Kier molecular flexibility index (Phi) is 4.05. The third-order valence-corrected chi connectivity index (χ3v) is 3.00. The lowest BCUT2D eigenvalue weighted by Crippen LogP contribution is -2.26. The maximum absolute atomic E-state index is 12.0. The average Bonchev–Trinajstić information content (AvgIpc) is 2.92. The first-order chi connectivity index (χ1) is 8.70. The second-order valence-electron chi connectivity index (χ2n) is 4.04. The summed E-state index contributed by atoms with van der Waals surface area (Å²) >= 11 is 5.70. The zero-order valence-electron chi connectivity index (χ0n) is 10.0. The van der Waals surface area contributed by atoms with Crippen molar-refractivity contribution >= 4 is 17.5 Å². The standard InChI is InChI=1S/C14H14ClNO2/c1-10(13-3-2-8-18-13)16-14(17)12-6-4-11(9-15)5-7-12/h2-8,10H,9H2,1H3,(H,16,17)/t10-/m1/s1. The molecule has 0 radical (unpaired) electrons. The molecule has 94 valence electrons. The number of carbonyl (C=O) groups is 1. The van der Waals surface area contributed by atoms with Crippen LogP contribution in [0.15, 0.2) is 47.1 Å². The van der Waals surface area contributed by atoms with Crippen LogP contribution in [0.3, 0.4) is 0 Å². The van der Waals surface area contributed by atoms with Gasteiger partial charge in [0, 0.05) is 11.4 Å². The summed E-state index contributed by atoms with van der Waals surface area (Å²) in [6, 6.07) is 10.7. The summed E-state index contributed by atoms with van der Waals surface area (Å²) in [4.78, 5) is 12.0. The fourth-order valence-electron chi connectivity index (χ4n) is 1.63. The number of nitrogens with one attached hydrogen (secondary N) is 1. The highest BCUT2D eigenvalue weighted by Crippen LogP contribution is 2.14. The van der Waals surface area contributed by atoms with Crippen LogP contribution in [0.25, 0.3) is 0 Å². The number of rotatable bonds is 4. The van der Waals surface area contributed by atoms with Crippen molar-refractivity contribution in [3.05, 3.63) is 59.5 Å². The molecule has 0 aliphatic rings. The number of alkyl halides is 1. The highest BCUT2D eigenvalue weighted by atomic mass is 35.5. The number of benzene rings is 1. The van der Waals surface area contributed by atoms with E-state index >= 15 is 0 Å². The van der Waals surface area contributed by atoms with Crippen LogP contribution in [0.1, 0.15) is 34.6 Å². The quantitative estimate of drug-likeness (QED) is 0.858. The molecule has 1 aromatic carbocycles. The second-order valence-corrected chi connectivity index (χ2v) is 4.31. The molecule has 0 spiro atoms. The van der Waals surface area contributed by atoms with Gasteiger partial charge in [0.25, 0.3) is 5.91 Å². The van der Waals surface area contributed by atoms with E-state index in [9.17, 15) is 4.79 Å². The number of carbonyl (C=O) groups excluding carboxylic acids is 1. The predicted molar refractivity (Wildman–Crippen MR) is 70.6 cm³/mol. The van der Waals surface area contributed by atoms with Crippen molar-refractivity contribution in [1.82, 2.24) is 5.32 Å². The van der Waals surface area contributed by atoms with Crippen LogP contribution in [0, 0.1) is 0 Å². The number of halogens is 1. The Labute approximate surface area is 111 Å². The third-order valence-electron chi connectivity index (χ3n) is 2.69. The molecule has 2 aromatic rings. The molecular formula is C14H14ClNO2. The molecule has 0 fully saturated rings. The van der Waals surface area contributed by atoms with Gasteiger partial charge in [-0.2, -0.15) is 0 Å². The topological polar surface area (TPSA) is 42.2 Å². The van der Waals surface area contributed by atoms with Crippen molar-refractivity contribution in [1.29, 1.82) is 0 Å². The van der Waals surface area contributed by atoms with Crippen molar-refractivity contribution in [3.63, 3.8) is 0 Å². The minimum absolute atomic E-state index is 0.125. The summed E-state index contributed by atoms with van der Waals surface area (Å²) in [6.07, 6.45) is 1.59. The first-order valence-corrected chi connectivity index (χ1v) is 6.23. The maximum Gasteiger partial charge on any atom is 0.251 e. The van der Waals surface area contributed by atoms with Gasteiger partial charge in [-0.15, -0.1) is 11.6 Å². The largest absolute Gasteiger partial charge is 0.467 e. The molecule has 3 nitrogen and oxygen atoms in total. The Balaban J connectivity index is 2.03. The van der Waals surface area contributed by atoms with E-state index < -0.39 is 0 Å². The molecular weight excluding hydrogens is 250 g/mol. The molecule has 4 heteroatoms. The lowest BCUT2D eigenvalue weighted by Gasteiger charge is -2.11. The molecule has 1 N–H and O–H groups in total. The fourth-order valence-corrected chi connectivity index (χ4v) is 1.81. The Hall–Kier alpha value is -1.74. The van der Waals surface area contributed by atoms with Gasteiger partial charge in [0.05, 0.1) is 12.3 Å². The molecule has 18 heavy (non-hydrogen) atoms. The van der Waals surface area contributed by atoms with Gasteiger partial charge in [-0.25, -0.2) is 0 Å². The number of amides is 1. The minimum atomic E-state index is -0.153. The van der Waals surface area contributed by atoms with Crippen LogP contribution in [-0.2, 0) is 5.88 Å². The lowest BCUT2D eigenvalue weighted by atomic mass is 10.1. The zero-order valence-corrected chi connectivity index (χ0v) is 10.8. The van der Waals surface area contributed by atoms with Crippen LogP contribution >= 0.6 is 11.6 Å². The van der Waals surface area contributed by atoms with Gasteiger partial charge < -0.3 is 9.73 Å². The monoisotopic (exact) mass is 263 g/mol. The Morgan fingerprint density at radius 2 is 2.06 bits per heavy atom. The van der Waals surface area contributed by atoms with Crippen LogP contribution in [-0.4, -0.2) is 5.91 Å². The van der Waals surface area contributed by atoms with E-state index in [0.717, 1.165) is 11.3 Å². The van der Waals surface area contributed by atoms with Crippen LogP contribution < -0.4 is 5.32 Å². The molecule has 2 rings (SSSR count). The normalized spacial score (nSPS) is 12.1. The molecule has 0 saturated heterocycles. The van der Waals surface area contributed by atoms with Crippen molar-refractivity contribution < 1.29 is 9.21 Å². The first kappa shape index (κ1) is 12.7. The smallest absolute Gasteiger partial charge is 0.251 e. The molecule has 0 aliphatic heterocycles.